The predicted octanol–water partition coefficient (Wildman–Crippen LogP) is 3.07. The van der Waals surface area contributed by atoms with E-state index in [-0.39, 0.29) is 11.5 Å². The molecule has 3 aliphatic rings. The van der Waals surface area contributed by atoms with Crippen molar-refractivity contribution in [3.63, 3.8) is 0 Å². The Morgan fingerprint density at radius 1 is 1.16 bits per heavy atom. The lowest BCUT2D eigenvalue weighted by atomic mass is 9.63. The Morgan fingerprint density at radius 3 is 2.62 bits per heavy atom. The number of carboxylic acid groups (broad SMARTS) is 1. The largest absolute Gasteiger partial charge is 0.609 e. The van der Waals surface area contributed by atoms with E-state index in [4.69, 9.17) is 9.97 Å². The third-order valence-corrected chi connectivity index (χ3v) is 8.23. The monoisotopic (exact) mass is 454 g/mol. The summed E-state index contributed by atoms with van der Waals surface area (Å²) in [4.78, 5) is 24.6. The number of piperazine rings is 1. The van der Waals surface area contributed by atoms with E-state index in [1.165, 1.54) is 21.6 Å². The lowest BCUT2D eigenvalue weighted by molar-refractivity contribution is 0.136. The molecule has 7 nitrogen and oxygen atoms in total. The van der Waals surface area contributed by atoms with Crippen LogP contribution in [0.1, 0.15) is 42.1 Å². The Bertz CT molecular complexity index is 1050. The predicted molar refractivity (Wildman–Crippen MR) is 124 cm³/mol. The van der Waals surface area contributed by atoms with Crippen molar-refractivity contribution in [2.45, 2.75) is 56.6 Å². The van der Waals surface area contributed by atoms with E-state index in [9.17, 15) is 14.5 Å². The van der Waals surface area contributed by atoms with Gasteiger partial charge >= 0.3 is 11.2 Å². The summed E-state index contributed by atoms with van der Waals surface area (Å²) in [5.41, 5.74) is 5.33. The third-order valence-electron chi connectivity index (χ3n) is 7.53. The maximum absolute atomic E-state index is 12.4. The number of hydrogen-bond acceptors (Lipinski definition) is 5. The van der Waals surface area contributed by atoms with E-state index in [1.54, 1.807) is 6.26 Å². The summed E-state index contributed by atoms with van der Waals surface area (Å²) in [5.74, 6) is 0.865. The van der Waals surface area contributed by atoms with E-state index in [1.807, 2.05) is 6.92 Å². The molecule has 1 N–H and O–H groups in total. The Morgan fingerprint density at radius 2 is 1.91 bits per heavy atom. The first-order valence-electron chi connectivity index (χ1n) is 11.4. The minimum absolute atomic E-state index is 0.00874. The summed E-state index contributed by atoms with van der Waals surface area (Å²) in [5, 5.41) is 9.76. The second-order valence-electron chi connectivity index (χ2n) is 9.60. The molecule has 1 fully saturated rings. The van der Waals surface area contributed by atoms with Gasteiger partial charge in [0.15, 0.2) is 0 Å². The zero-order valence-corrected chi connectivity index (χ0v) is 19.5. The summed E-state index contributed by atoms with van der Waals surface area (Å²) in [6, 6.07) is 8.77. The molecule has 2 aromatic rings. The van der Waals surface area contributed by atoms with Crippen LogP contribution in [-0.4, -0.2) is 62.6 Å². The van der Waals surface area contributed by atoms with Crippen LogP contribution in [0.4, 0.5) is 10.6 Å². The zero-order chi connectivity index (χ0) is 22.5. The smallest absolute Gasteiger partial charge is 0.407 e. The van der Waals surface area contributed by atoms with Crippen molar-refractivity contribution in [3.05, 3.63) is 46.6 Å². The van der Waals surface area contributed by atoms with Crippen molar-refractivity contribution < 1.29 is 14.5 Å². The SMILES string of the molecule is C[C@H]1CN(C(=O)O)CCN1c1nc([S+](C)[O-])nc2c1CC[C@@]1(CCc3ccccc3C1)C2. The number of aromatic nitrogens is 2. The zero-order valence-electron chi connectivity index (χ0n) is 18.7. The second-order valence-corrected chi connectivity index (χ2v) is 10.9. The van der Waals surface area contributed by atoms with Gasteiger partial charge in [0.25, 0.3) is 0 Å². The van der Waals surface area contributed by atoms with E-state index >= 15 is 0 Å². The molecule has 0 bridgehead atoms. The van der Waals surface area contributed by atoms with Gasteiger partial charge in [-0.1, -0.05) is 24.3 Å². The molecular formula is C24H30N4O3S. The van der Waals surface area contributed by atoms with Crippen LogP contribution in [0, 0.1) is 5.41 Å². The maximum atomic E-state index is 12.4. The molecule has 1 aliphatic heterocycles. The minimum Gasteiger partial charge on any atom is -0.609 e. The Hall–Kier alpha value is -2.32. The summed E-state index contributed by atoms with van der Waals surface area (Å²) in [6.45, 7) is 3.52. The number of anilines is 1. The molecule has 3 atom stereocenters. The highest BCUT2D eigenvalue weighted by atomic mass is 32.2. The fraction of sp³-hybridized carbons (Fsp3) is 0.542. The standard InChI is InChI=1S/C24H30N4O3S/c1-16-15-27(23(29)30)11-12-28(16)21-19-8-10-24(14-20(19)25-22(26-21)32(2)31)9-7-17-5-3-4-6-18(17)13-24/h3-6,16H,7-15H2,1-2H3,(H,29,30)/t16-,24+,32?/m0/s1. The molecule has 32 heavy (non-hydrogen) atoms. The normalized spacial score (nSPS) is 25.9. The Balaban J connectivity index is 1.48. The van der Waals surface area contributed by atoms with Crippen LogP contribution in [0.15, 0.2) is 29.4 Å². The van der Waals surface area contributed by atoms with Crippen LogP contribution < -0.4 is 4.90 Å². The van der Waals surface area contributed by atoms with E-state index in [0.717, 1.165) is 50.0 Å². The molecule has 1 aromatic heterocycles. The lowest BCUT2D eigenvalue weighted by Gasteiger charge is -2.44. The third kappa shape index (κ3) is 3.83. The number of benzene rings is 1. The van der Waals surface area contributed by atoms with Crippen LogP contribution in [0.2, 0.25) is 0 Å². The molecule has 2 heterocycles. The van der Waals surface area contributed by atoms with Gasteiger partial charge in [-0.05, 0) is 62.0 Å². The first-order chi connectivity index (χ1) is 15.3. The molecule has 1 spiro atoms. The van der Waals surface area contributed by atoms with Crippen molar-refractivity contribution in [2.24, 2.45) is 5.41 Å². The van der Waals surface area contributed by atoms with Gasteiger partial charge in [0.2, 0.25) is 0 Å². The average Bonchev–Trinajstić information content (AvgIpc) is 2.78. The van der Waals surface area contributed by atoms with Crippen LogP contribution in [0.3, 0.4) is 0 Å². The van der Waals surface area contributed by atoms with Crippen molar-refractivity contribution in [1.29, 1.82) is 0 Å². The van der Waals surface area contributed by atoms with Crippen LogP contribution in [-0.2, 0) is 36.9 Å². The summed E-state index contributed by atoms with van der Waals surface area (Å²) < 4.78 is 12.4. The molecule has 1 saturated heterocycles. The van der Waals surface area contributed by atoms with Gasteiger partial charge in [0, 0.05) is 42.4 Å². The molecular weight excluding hydrogens is 424 g/mol. The fourth-order valence-corrected chi connectivity index (χ4v) is 6.23. The highest BCUT2D eigenvalue weighted by Gasteiger charge is 2.41. The van der Waals surface area contributed by atoms with Gasteiger partial charge in [0.1, 0.15) is 12.1 Å². The van der Waals surface area contributed by atoms with Crippen LogP contribution >= 0.6 is 0 Å². The number of fused-ring (bicyclic) bond motifs is 2. The number of nitrogens with zero attached hydrogens (tertiary/aromatic N) is 4. The van der Waals surface area contributed by atoms with E-state index in [0.29, 0.717) is 24.8 Å². The summed E-state index contributed by atoms with van der Waals surface area (Å²) in [7, 11) is 0. The molecule has 0 radical (unpaired) electrons. The first kappa shape index (κ1) is 21.5. The van der Waals surface area contributed by atoms with E-state index in [2.05, 4.69) is 29.2 Å². The molecule has 0 saturated carbocycles. The second kappa shape index (κ2) is 8.23. The van der Waals surface area contributed by atoms with Gasteiger partial charge in [-0.2, -0.15) is 9.97 Å². The first-order valence-corrected chi connectivity index (χ1v) is 13.0. The number of hydrogen-bond donors (Lipinski definition) is 1. The Kier molecular flexibility index (Phi) is 5.53. The molecule has 1 amide bonds. The van der Waals surface area contributed by atoms with Gasteiger partial charge in [0.05, 0.1) is 5.69 Å². The highest BCUT2D eigenvalue weighted by Crippen LogP contribution is 2.46. The van der Waals surface area contributed by atoms with Crippen molar-refractivity contribution in [2.75, 3.05) is 30.8 Å². The van der Waals surface area contributed by atoms with Crippen molar-refractivity contribution in [1.82, 2.24) is 14.9 Å². The van der Waals surface area contributed by atoms with E-state index < -0.39 is 17.3 Å². The van der Waals surface area contributed by atoms with Gasteiger partial charge in [-0.25, -0.2) is 4.79 Å². The van der Waals surface area contributed by atoms with Crippen LogP contribution in [0.5, 0.6) is 0 Å². The molecule has 1 unspecified atom stereocenters. The minimum atomic E-state index is -1.27. The summed E-state index contributed by atoms with van der Waals surface area (Å²) in [6.07, 6.45) is 6.98. The molecule has 5 rings (SSSR count). The molecule has 8 heteroatoms. The molecule has 170 valence electrons. The summed E-state index contributed by atoms with van der Waals surface area (Å²) >= 11 is -1.27. The quantitative estimate of drug-likeness (QED) is 0.554. The number of aryl methyl sites for hydroxylation is 1. The molecule has 1 aromatic carbocycles. The average molecular weight is 455 g/mol. The topological polar surface area (TPSA) is 92.6 Å². The van der Waals surface area contributed by atoms with Gasteiger partial charge < -0.3 is 19.5 Å². The highest BCUT2D eigenvalue weighted by molar-refractivity contribution is 7.90. The Labute approximate surface area is 192 Å². The number of rotatable bonds is 2. The van der Waals surface area contributed by atoms with Crippen molar-refractivity contribution in [3.8, 4) is 0 Å². The number of amides is 1. The maximum Gasteiger partial charge on any atom is 0.407 e. The van der Waals surface area contributed by atoms with Gasteiger partial charge in [-0.3, -0.25) is 0 Å². The van der Waals surface area contributed by atoms with Gasteiger partial charge in [-0.15, -0.1) is 0 Å². The number of carbonyl (C=O) groups is 1. The molecule has 2 aliphatic carbocycles. The van der Waals surface area contributed by atoms with Crippen molar-refractivity contribution >= 4 is 23.1 Å². The van der Waals surface area contributed by atoms with Crippen LogP contribution in [0.25, 0.3) is 0 Å². The fourth-order valence-electron chi connectivity index (χ4n) is 5.77. The lowest BCUT2D eigenvalue weighted by Crippen LogP contribution is -2.54.